The SMILES string of the molecule is CC/C=C\C/C=C\C/C=C\C/C=C\CCCCCCCCCCCCC(=O)OC(COC(=O)CCCCCCC/C=C\C/C=C\C/C=C\CC)COC1OC(COC2OC(CO)C(O)C(O)C2O)C(O)C(O)C1O. The molecule has 2 heterocycles. The van der Waals surface area contributed by atoms with E-state index in [-0.39, 0.29) is 19.4 Å². The standard InChI is InChI=1S/C59H98O15/c1-3-5-7-9-11-13-15-17-19-20-21-22-23-24-25-26-28-30-32-34-36-38-40-42-51(62)72-47(44-69-50(61)41-39-37-35-33-31-29-27-18-16-14-12-10-8-6-4-2)45-70-58-57(68)55(66)53(64)49(74-58)46-71-59-56(67)54(65)52(63)48(43-60)73-59/h5-8,11-14,17-19,21-22,27,47-49,52-60,63-68H,3-4,9-10,15-16,20,23-26,28-46H2,1-2H3/b7-5-,8-6-,13-11-,14-12-,19-17-,22-21-,27-18-. The van der Waals surface area contributed by atoms with Gasteiger partial charge in [-0.1, -0.05) is 170 Å². The summed E-state index contributed by atoms with van der Waals surface area (Å²) in [6, 6.07) is 0. The lowest BCUT2D eigenvalue weighted by Gasteiger charge is -2.42. The zero-order valence-corrected chi connectivity index (χ0v) is 45.0. The Bertz CT molecular complexity index is 1610. The molecule has 11 unspecified atom stereocenters. The van der Waals surface area contributed by atoms with Gasteiger partial charge in [0.15, 0.2) is 18.7 Å². The Balaban J connectivity index is 1.76. The van der Waals surface area contributed by atoms with Crippen molar-refractivity contribution in [1.29, 1.82) is 0 Å². The molecule has 0 aromatic carbocycles. The highest BCUT2D eigenvalue weighted by atomic mass is 16.7. The van der Waals surface area contributed by atoms with Crippen molar-refractivity contribution in [3.63, 3.8) is 0 Å². The van der Waals surface area contributed by atoms with E-state index in [1.54, 1.807) is 0 Å². The molecule has 0 saturated carbocycles. The van der Waals surface area contributed by atoms with E-state index in [1.807, 2.05) is 0 Å². The summed E-state index contributed by atoms with van der Waals surface area (Å²) < 4.78 is 33.6. The highest BCUT2D eigenvalue weighted by Crippen LogP contribution is 2.26. The number of ether oxygens (including phenoxy) is 6. The van der Waals surface area contributed by atoms with Gasteiger partial charge in [-0.3, -0.25) is 9.59 Å². The molecule has 424 valence electrons. The first-order chi connectivity index (χ1) is 36.0. The molecule has 2 rings (SSSR count). The summed E-state index contributed by atoms with van der Waals surface area (Å²) in [5.41, 5.74) is 0. The van der Waals surface area contributed by atoms with Crippen LogP contribution in [0.4, 0.5) is 0 Å². The van der Waals surface area contributed by atoms with Gasteiger partial charge in [0.05, 0.1) is 19.8 Å². The van der Waals surface area contributed by atoms with Gasteiger partial charge >= 0.3 is 11.9 Å². The molecule has 0 amide bonds. The lowest BCUT2D eigenvalue weighted by Crippen LogP contribution is -2.61. The fraction of sp³-hybridized carbons (Fsp3) is 0.729. The maximum absolute atomic E-state index is 13.1. The number of allylic oxidation sites excluding steroid dienone is 14. The molecule has 0 radical (unpaired) electrons. The molecule has 74 heavy (non-hydrogen) atoms. The first kappa shape index (κ1) is 66.8. The highest BCUT2D eigenvalue weighted by Gasteiger charge is 2.47. The first-order valence-electron chi connectivity index (χ1n) is 28.2. The molecular weight excluding hydrogens is 949 g/mol. The Morgan fingerprint density at radius 2 is 0.811 bits per heavy atom. The molecule has 0 aliphatic carbocycles. The van der Waals surface area contributed by atoms with Crippen LogP contribution in [-0.4, -0.2) is 142 Å². The number of hydrogen-bond donors (Lipinski definition) is 7. The van der Waals surface area contributed by atoms with Crippen LogP contribution in [0.2, 0.25) is 0 Å². The monoisotopic (exact) mass is 1050 g/mol. The summed E-state index contributed by atoms with van der Waals surface area (Å²) in [7, 11) is 0. The van der Waals surface area contributed by atoms with Gasteiger partial charge in [0.1, 0.15) is 55.4 Å². The lowest BCUT2D eigenvalue weighted by atomic mass is 9.98. The summed E-state index contributed by atoms with van der Waals surface area (Å²) in [6.45, 7) is 2.34. The first-order valence-corrected chi connectivity index (χ1v) is 28.2. The molecule has 7 N–H and O–H groups in total. The van der Waals surface area contributed by atoms with Crippen LogP contribution in [0.25, 0.3) is 0 Å². The zero-order valence-electron chi connectivity index (χ0n) is 45.0. The minimum absolute atomic E-state index is 0.151. The van der Waals surface area contributed by atoms with Gasteiger partial charge in [0.2, 0.25) is 0 Å². The largest absolute Gasteiger partial charge is 0.462 e. The van der Waals surface area contributed by atoms with Crippen molar-refractivity contribution in [2.75, 3.05) is 26.4 Å². The third kappa shape index (κ3) is 31.7. The quantitative estimate of drug-likeness (QED) is 0.0172. The molecule has 2 fully saturated rings. The third-order valence-electron chi connectivity index (χ3n) is 12.9. The van der Waals surface area contributed by atoms with Gasteiger partial charge < -0.3 is 64.2 Å². The van der Waals surface area contributed by atoms with Gasteiger partial charge in [-0.05, 0) is 83.5 Å². The third-order valence-corrected chi connectivity index (χ3v) is 12.9. The molecule has 2 aliphatic rings. The molecule has 15 nitrogen and oxygen atoms in total. The average molecular weight is 1050 g/mol. The predicted molar refractivity (Wildman–Crippen MR) is 289 cm³/mol. The van der Waals surface area contributed by atoms with E-state index < -0.39 is 99.3 Å². The van der Waals surface area contributed by atoms with E-state index in [0.29, 0.717) is 12.8 Å². The number of aliphatic hydroxyl groups excluding tert-OH is 7. The second-order valence-corrected chi connectivity index (χ2v) is 19.3. The Morgan fingerprint density at radius 1 is 0.432 bits per heavy atom. The van der Waals surface area contributed by atoms with Crippen molar-refractivity contribution in [2.24, 2.45) is 0 Å². The average Bonchev–Trinajstić information content (AvgIpc) is 3.39. The normalized spacial score (nSPS) is 25.3. The van der Waals surface area contributed by atoms with Crippen LogP contribution in [0.15, 0.2) is 85.1 Å². The Labute approximate surface area is 444 Å². The highest BCUT2D eigenvalue weighted by molar-refractivity contribution is 5.70. The van der Waals surface area contributed by atoms with E-state index in [4.69, 9.17) is 28.4 Å². The van der Waals surface area contributed by atoms with E-state index >= 15 is 0 Å². The number of carbonyl (C=O) groups excluding carboxylic acids is 2. The summed E-state index contributed by atoms with van der Waals surface area (Å²) in [6.07, 6.45) is 38.9. The van der Waals surface area contributed by atoms with Crippen molar-refractivity contribution in [1.82, 2.24) is 0 Å². The van der Waals surface area contributed by atoms with Crippen LogP contribution in [0.3, 0.4) is 0 Å². The second kappa shape index (κ2) is 44.8. The van der Waals surface area contributed by atoms with Crippen molar-refractivity contribution < 1.29 is 73.8 Å². The fourth-order valence-electron chi connectivity index (χ4n) is 8.34. The summed E-state index contributed by atoms with van der Waals surface area (Å²) >= 11 is 0. The minimum Gasteiger partial charge on any atom is -0.462 e. The molecule has 0 aromatic heterocycles. The maximum atomic E-state index is 13.1. The second-order valence-electron chi connectivity index (χ2n) is 19.3. The predicted octanol–water partition coefficient (Wildman–Crippen LogP) is 9.16. The fourth-order valence-corrected chi connectivity index (χ4v) is 8.34. The molecule has 11 atom stereocenters. The number of esters is 2. The number of hydrogen-bond acceptors (Lipinski definition) is 15. The van der Waals surface area contributed by atoms with Crippen LogP contribution in [0.5, 0.6) is 0 Å². The maximum Gasteiger partial charge on any atom is 0.306 e. The van der Waals surface area contributed by atoms with Crippen molar-refractivity contribution >= 4 is 11.9 Å². The van der Waals surface area contributed by atoms with Crippen molar-refractivity contribution in [3.05, 3.63) is 85.1 Å². The molecular formula is C59H98O15. The molecule has 0 bridgehead atoms. The number of rotatable bonds is 43. The Hall–Kier alpha value is -3.32. The van der Waals surface area contributed by atoms with Crippen LogP contribution < -0.4 is 0 Å². The molecule has 0 spiro atoms. The van der Waals surface area contributed by atoms with Crippen LogP contribution >= 0.6 is 0 Å². The van der Waals surface area contributed by atoms with E-state index in [1.165, 1.54) is 32.1 Å². The lowest BCUT2D eigenvalue weighted by molar-refractivity contribution is -0.332. The van der Waals surface area contributed by atoms with Gasteiger partial charge in [-0.2, -0.15) is 0 Å². The van der Waals surface area contributed by atoms with Crippen LogP contribution in [0, 0.1) is 0 Å². The zero-order chi connectivity index (χ0) is 53.9. The van der Waals surface area contributed by atoms with Gasteiger partial charge in [-0.15, -0.1) is 0 Å². The Kier molecular flexibility index (Phi) is 40.4. The summed E-state index contributed by atoms with van der Waals surface area (Å²) in [5.74, 6) is -0.954. The number of aliphatic hydroxyl groups is 7. The molecule has 2 aliphatic heterocycles. The van der Waals surface area contributed by atoms with E-state index in [0.717, 1.165) is 109 Å². The molecule has 15 heteroatoms. The van der Waals surface area contributed by atoms with Gasteiger partial charge in [0.25, 0.3) is 0 Å². The number of unbranched alkanes of at least 4 members (excludes halogenated alkanes) is 15. The smallest absolute Gasteiger partial charge is 0.306 e. The van der Waals surface area contributed by atoms with Crippen LogP contribution in [0.1, 0.15) is 181 Å². The number of carbonyl (C=O) groups is 2. The summed E-state index contributed by atoms with van der Waals surface area (Å²) in [5, 5.41) is 72.2. The summed E-state index contributed by atoms with van der Waals surface area (Å²) in [4.78, 5) is 25.9. The van der Waals surface area contributed by atoms with E-state index in [2.05, 4.69) is 98.9 Å². The minimum atomic E-state index is -1.77. The van der Waals surface area contributed by atoms with Crippen LogP contribution in [-0.2, 0) is 38.0 Å². The molecule has 0 aromatic rings. The van der Waals surface area contributed by atoms with Gasteiger partial charge in [-0.25, -0.2) is 0 Å². The van der Waals surface area contributed by atoms with Crippen molar-refractivity contribution in [3.8, 4) is 0 Å². The molecule has 2 saturated heterocycles. The Morgan fingerprint density at radius 3 is 1.27 bits per heavy atom. The topological polar surface area (TPSA) is 231 Å². The van der Waals surface area contributed by atoms with Crippen molar-refractivity contribution in [2.45, 2.75) is 248 Å². The van der Waals surface area contributed by atoms with Gasteiger partial charge in [0, 0.05) is 12.8 Å². The van der Waals surface area contributed by atoms with E-state index in [9.17, 15) is 45.3 Å².